The van der Waals surface area contributed by atoms with Crippen molar-refractivity contribution >= 4 is 11.9 Å². The number of piperidine rings is 1. The number of likely N-dealkylation sites (N-methyl/N-ethyl adjacent to an activating group) is 1. The number of primary amides is 1. The third-order valence-corrected chi connectivity index (χ3v) is 7.35. The fourth-order valence-corrected chi connectivity index (χ4v) is 5.69. The molecule has 1 saturated heterocycles. The van der Waals surface area contributed by atoms with Gasteiger partial charge in [0.25, 0.3) is 0 Å². The van der Waals surface area contributed by atoms with E-state index in [9.17, 15) is 14.7 Å². The zero-order valence-corrected chi connectivity index (χ0v) is 17.8. The van der Waals surface area contributed by atoms with Gasteiger partial charge in [-0.2, -0.15) is 0 Å². The van der Waals surface area contributed by atoms with Gasteiger partial charge in [0.05, 0.1) is 12.7 Å². The molecule has 7 nitrogen and oxygen atoms in total. The fraction of sp³-hybridized carbons (Fsp3) is 0.636. The standard InChI is InChI=1S/C22H33N3O4/c1-5-25-11-10-21(18-12-17(29-4)7-6-14(18)2)13-16(19(26)24-20(23)27)8-9-22(21,28)15(25)3/h6-7,12,15-16,28H,5,8-11,13H2,1-4H3,(H3,23,24,26,27). The highest BCUT2D eigenvalue weighted by Gasteiger charge is 2.61. The second kappa shape index (κ2) is 7.95. The van der Waals surface area contributed by atoms with E-state index < -0.39 is 17.0 Å². The van der Waals surface area contributed by atoms with Crippen LogP contribution in [0.5, 0.6) is 5.75 Å². The summed E-state index contributed by atoms with van der Waals surface area (Å²) in [5.74, 6) is -0.00425. The minimum atomic E-state index is -0.984. The Balaban J connectivity index is 2.12. The quantitative estimate of drug-likeness (QED) is 0.714. The van der Waals surface area contributed by atoms with Crippen molar-refractivity contribution in [2.45, 2.75) is 63.5 Å². The number of urea groups is 1. The molecule has 3 rings (SSSR count). The second-order valence-electron chi connectivity index (χ2n) is 8.54. The molecule has 160 valence electrons. The first-order valence-corrected chi connectivity index (χ1v) is 10.4. The lowest BCUT2D eigenvalue weighted by Crippen LogP contribution is -2.70. The third-order valence-electron chi connectivity index (χ3n) is 7.35. The number of hydrogen-bond donors (Lipinski definition) is 3. The molecule has 4 atom stereocenters. The molecule has 0 bridgehead atoms. The van der Waals surface area contributed by atoms with Crippen LogP contribution < -0.4 is 15.8 Å². The van der Waals surface area contributed by atoms with Crippen molar-refractivity contribution in [1.82, 2.24) is 10.2 Å². The van der Waals surface area contributed by atoms with Crippen molar-refractivity contribution in [2.75, 3.05) is 20.2 Å². The van der Waals surface area contributed by atoms with Crippen LogP contribution in [0.4, 0.5) is 4.79 Å². The minimum absolute atomic E-state index is 0.0491. The summed E-state index contributed by atoms with van der Waals surface area (Å²) in [6.45, 7) is 7.92. The van der Waals surface area contributed by atoms with Crippen molar-refractivity contribution in [3.8, 4) is 5.75 Å². The van der Waals surface area contributed by atoms with Gasteiger partial charge in [-0.05, 0) is 75.9 Å². The van der Waals surface area contributed by atoms with E-state index in [4.69, 9.17) is 10.5 Å². The number of nitrogens with one attached hydrogen (secondary N) is 1. The Hall–Kier alpha value is -2.12. The first-order chi connectivity index (χ1) is 13.7. The summed E-state index contributed by atoms with van der Waals surface area (Å²) in [7, 11) is 1.63. The van der Waals surface area contributed by atoms with Gasteiger partial charge in [-0.25, -0.2) is 4.79 Å². The summed E-state index contributed by atoms with van der Waals surface area (Å²) in [5, 5.41) is 14.4. The molecular formula is C22H33N3O4. The maximum atomic E-state index is 12.6. The molecule has 1 aromatic carbocycles. The largest absolute Gasteiger partial charge is 0.497 e. The van der Waals surface area contributed by atoms with E-state index in [-0.39, 0.29) is 17.9 Å². The molecule has 0 aromatic heterocycles. The van der Waals surface area contributed by atoms with Crippen molar-refractivity contribution < 1.29 is 19.4 Å². The number of carbonyl (C=O) groups excluding carboxylic acids is 2. The van der Waals surface area contributed by atoms with Crippen LogP contribution in [0.25, 0.3) is 0 Å². The number of fused-ring (bicyclic) bond motifs is 1. The molecule has 7 heteroatoms. The number of benzene rings is 1. The van der Waals surface area contributed by atoms with Crippen LogP contribution in [0.3, 0.4) is 0 Å². The molecule has 2 aliphatic rings. The summed E-state index contributed by atoms with van der Waals surface area (Å²) in [5.41, 5.74) is 5.69. The molecule has 4 unspecified atom stereocenters. The van der Waals surface area contributed by atoms with E-state index in [1.165, 1.54) is 0 Å². The normalized spacial score (nSPS) is 32.3. The molecule has 0 radical (unpaired) electrons. The lowest BCUT2D eigenvalue weighted by Gasteiger charge is -2.61. The molecule has 1 heterocycles. The van der Waals surface area contributed by atoms with Crippen molar-refractivity contribution in [2.24, 2.45) is 11.7 Å². The summed E-state index contributed by atoms with van der Waals surface area (Å²) in [4.78, 5) is 26.2. The molecule has 1 aliphatic heterocycles. The van der Waals surface area contributed by atoms with E-state index in [2.05, 4.69) is 24.1 Å². The van der Waals surface area contributed by atoms with E-state index in [1.807, 2.05) is 25.1 Å². The minimum Gasteiger partial charge on any atom is -0.497 e. The van der Waals surface area contributed by atoms with Crippen molar-refractivity contribution in [1.29, 1.82) is 0 Å². The zero-order chi connectivity index (χ0) is 21.4. The van der Waals surface area contributed by atoms with Crippen LogP contribution in [0.15, 0.2) is 18.2 Å². The number of likely N-dealkylation sites (tertiary alicyclic amines) is 1. The number of ether oxygens (including phenoxy) is 1. The van der Waals surface area contributed by atoms with E-state index in [0.29, 0.717) is 19.3 Å². The summed E-state index contributed by atoms with van der Waals surface area (Å²) < 4.78 is 5.47. The number of hydrogen-bond acceptors (Lipinski definition) is 5. The molecule has 3 amide bonds. The summed E-state index contributed by atoms with van der Waals surface area (Å²) in [6.07, 6.45) is 2.20. The van der Waals surface area contributed by atoms with Crippen molar-refractivity contribution in [3.05, 3.63) is 29.3 Å². The molecular weight excluding hydrogens is 370 g/mol. The Kier molecular flexibility index (Phi) is 5.92. The number of carbonyl (C=O) groups is 2. The molecule has 0 spiro atoms. The summed E-state index contributed by atoms with van der Waals surface area (Å²) in [6, 6.07) is 5.04. The second-order valence-corrected chi connectivity index (χ2v) is 8.54. The first-order valence-electron chi connectivity index (χ1n) is 10.4. The van der Waals surface area contributed by atoms with Gasteiger partial charge in [-0.1, -0.05) is 13.0 Å². The number of methoxy groups -OCH3 is 1. The molecule has 29 heavy (non-hydrogen) atoms. The van der Waals surface area contributed by atoms with Crippen LogP contribution in [-0.4, -0.2) is 53.8 Å². The Morgan fingerprint density at radius 3 is 2.72 bits per heavy atom. The molecule has 4 N–H and O–H groups in total. The highest BCUT2D eigenvalue weighted by atomic mass is 16.5. The highest BCUT2D eigenvalue weighted by Crippen LogP contribution is 2.56. The topological polar surface area (TPSA) is 105 Å². The number of rotatable bonds is 4. The Labute approximate surface area is 172 Å². The highest BCUT2D eigenvalue weighted by molar-refractivity contribution is 5.94. The van der Waals surface area contributed by atoms with E-state index in [0.717, 1.165) is 36.4 Å². The smallest absolute Gasteiger partial charge is 0.318 e. The molecule has 2 fully saturated rings. The van der Waals surface area contributed by atoms with Crippen LogP contribution in [0.1, 0.15) is 50.7 Å². The Morgan fingerprint density at radius 2 is 2.10 bits per heavy atom. The van der Waals surface area contributed by atoms with Gasteiger partial charge in [-0.15, -0.1) is 0 Å². The lowest BCUT2D eigenvalue weighted by atomic mass is 9.51. The average molecular weight is 404 g/mol. The number of imide groups is 1. The zero-order valence-electron chi connectivity index (χ0n) is 17.8. The lowest BCUT2D eigenvalue weighted by molar-refractivity contribution is -0.166. The van der Waals surface area contributed by atoms with Gasteiger partial charge >= 0.3 is 6.03 Å². The van der Waals surface area contributed by atoms with E-state index in [1.54, 1.807) is 7.11 Å². The van der Waals surface area contributed by atoms with Crippen LogP contribution in [-0.2, 0) is 10.2 Å². The summed E-state index contributed by atoms with van der Waals surface area (Å²) >= 11 is 0. The van der Waals surface area contributed by atoms with Gasteiger partial charge < -0.3 is 15.6 Å². The number of nitrogens with two attached hydrogens (primary N) is 1. The fourth-order valence-electron chi connectivity index (χ4n) is 5.69. The van der Waals surface area contributed by atoms with Crippen LogP contribution in [0.2, 0.25) is 0 Å². The van der Waals surface area contributed by atoms with E-state index >= 15 is 0 Å². The number of aryl methyl sites for hydroxylation is 1. The van der Waals surface area contributed by atoms with Gasteiger partial charge in [0.15, 0.2) is 0 Å². The van der Waals surface area contributed by atoms with Gasteiger partial charge in [0, 0.05) is 17.4 Å². The predicted molar refractivity (Wildman–Crippen MR) is 111 cm³/mol. The Bertz CT molecular complexity index is 798. The monoisotopic (exact) mass is 403 g/mol. The molecule has 1 aliphatic carbocycles. The van der Waals surface area contributed by atoms with Gasteiger partial charge in [-0.3, -0.25) is 15.0 Å². The van der Waals surface area contributed by atoms with Gasteiger partial charge in [0.1, 0.15) is 5.75 Å². The van der Waals surface area contributed by atoms with Crippen molar-refractivity contribution in [3.63, 3.8) is 0 Å². The Morgan fingerprint density at radius 1 is 1.38 bits per heavy atom. The van der Waals surface area contributed by atoms with Crippen LogP contribution >= 0.6 is 0 Å². The number of nitrogens with zero attached hydrogens (tertiary/aromatic N) is 1. The maximum absolute atomic E-state index is 12.6. The predicted octanol–water partition coefficient (Wildman–Crippen LogP) is 2.08. The molecule has 1 aromatic rings. The number of amides is 3. The third kappa shape index (κ3) is 3.51. The first kappa shape index (κ1) is 21.6. The maximum Gasteiger partial charge on any atom is 0.318 e. The molecule has 1 saturated carbocycles. The van der Waals surface area contributed by atoms with Gasteiger partial charge in [0.2, 0.25) is 5.91 Å². The SMILES string of the molecule is CCN1CCC2(c3cc(OC)ccc3C)CC(C(=O)NC(N)=O)CCC2(O)C1C. The average Bonchev–Trinajstić information content (AvgIpc) is 2.69. The number of aliphatic hydroxyl groups is 1. The van der Waals surface area contributed by atoms with Crippen LogP contribution in [0, 0.1) is 12.8 Å².